The number of benzene rings is 1. The molecule has 1 atom stereocenters. The highest BCUT2D eigenvalue weighted by atomic mass is 36.0. The van der Waals surface area contributed by atoms with Crippen LogP contribution < -0.4 is 5.30 Å². The Morgan fingerprint density at radius 3 is 2.17 bits per heavy atom. The van der Waals surface area contributed by atoms with E-state index in [0.29, 0.717) is 6.54 Å². The molecule has 1 aromatic rings. The predicted octanol–water partition coefficient (Wildman–Crippen LogP) is 6.10. The Morgan fingerprint density at radius 1 is 1.22 bits per heavy atom. The summed E-state index contributed by atoms with van der Waals surface area (Å²) in [6, 6.07) is 8.03. The second-order valence-electron chi connectivity index (χ2n) is 3.68. The summed E-state index contributed by atoms with van der Waals surface area (Å²) < 4.78 is 1.82. The molecular weight excluding hydrogens is 392 g/mol. The summed E-state index contributed by atoms with van der Waals surface area (Å²) in [5.41, 5.74) is 2.57. The van der Waals surface area contributed by atoms with E-state index in [1.54, 1.807) is 0 Å². The van der Waals surface area contributed by atoms with Crippen LogP contribution in [0.15, 0.2) is 24.3 Å². The second-order valence-corrected chi connectivity index (χ2v) is 17.9. The lowest BCUT2D eigenvalue weighted by atomic mass is 10.2. The molecule has 0 aliphatic rings. The predicted molar refractivity (Wildman–Crippen MR) is 96.4 cm³/mol. The average Bonchev–Trinajstić information content (AvgIpc) is 2.17. The second kappa shape index (κ2) is 7.17. The van der Waals surface area contributed by atoms with Gasteiger partial charge in [-0.1, -0.05) is 58.0 Å². The maximum atomic E-state index is 6.27. The fourth-order valence-corrected chi connectivity index (χ4v) is 12.2. The fraction of sp³-hybridized carbons (Fsp3) is 0.222. The smallest absolute Gasteiger partial charge is 0.144 e. The minimum Gasteiger partial charge on any atom is -0.144 e. The maximum absolute atomic E-state index is 6.27. The Balaban J connectivity index is 2.82. The van der Waals surface area contributed by atoms with Crippen LogP contribution in [0.3, 0.4) is 0 Å². The Morgan fingerprint density at radius 2 is 1.72 bits per heavy atom. The third-order valence-electron chi connectivity index (χ3n) is 2.12. The van der Waals surface area contributed by atoms with Crippen molar-refractivity contribution < 1.29 is 0 Å². The normalized spacial score (nSPS) is 12.9. The molecule has 0 N–H and O–H groups in total. The monoisotopic (exact) mass is 402 g/mol. The zero-order valence-electron chi connectivity index (χ0n) is 9.40. The molecule has 9 heteroatoms. The van der Waals surface area contributed by atoms with Crippen LogP contribution in [0.4, 0.5) is 0 Å². The molecule has 1 aromatic carbocycles. The summed E-state index contributed by atoms with van der Waals surface area (Å²) in [5, 5.41) is 1.12. The first kappa shape index (κ1) is 17.8. The van der Waals surface area contributed by atoms with E-state index in [9.17, 15) is 0 Å². The molecule has 0 aliphatic carbocycles. The van der Waals surface area contributed by atoms with Crippen molar-refractivity contribution in [2.45, 2.75) is 6.54 Å². The zero-order valence-corrected chi connectivity index (χ0v) is 16.1. The average molecular weight is 404 g/mol. The molecule has 0 saturated heterocycles. The van der Waals surface area contributed by atoms with Crippen LogP contribution in [0.1, 0.15) is 5.56 Å². The van der Waals surface area contributed by atoms with Crippen LogP contribution in [-0.4, -0.2) is 17.3 Å². The van der Waals surface area contributed by atoms with Crippen molar-refractivity contribution in [3.05, 3.63) is 29.8 Å². The van der Waals surface area contributed by atoms with Crippen LogP contribution in [0.2, 0.25) is 0 Å². The molecule has 0 amide bonds. The van der Waals surface area contributed by atoms with Crippen molar-refractivity contribution in [2.75, 3.05) is 7.05 Å². The van der Waals surface area contributed by atoms with E-state index >= 15 is 0 Å². The number of halogens is 5. The van der Waals surface area contributed by atoms with Gasteiger partial charge in [-0.2, -0.15) is 0 Å². The van der Waals surface area contributed by atoms with Gasteiger partial charge in [-0.15, -0.1) is 13.9 Å². The summed E-state index contributed by atoms with van der Waals surface area (Å²) in [5.74, 6) is 0. The summed E-state index contributed by atoms with van der Waals surface area (Å²) in [7, 11) is 4.45. The van der Waals surface area contributed by atoms with E-state index in [1.165, 1.54) is 5.54 Å². The van der Waals surface area contributed by atoms with Gasteiger partial charge in [0.15, 0.2) is 4.94 Å². The maximum Gasteiger partial charge on any atom is 0.310 e. The molecular formula is C9H12Cl5NP3+. The Kier molecular flexibility index (Phi) is 7.11. The summed E-state index contributed by atoms with van der Waals surface area (Å²) in [4.78, 5) is -2.67. The van der Waals surface area contributed by atoms with Crippen LogP contribution in [0.25, 0.3) is 0 Å². The lowest BCUT2D eigenvalue weighted by molar-refractivity contribution is 0.554. The summed E-state index contributed by atoms with van der Waals surface area (Å²) >= 11 is 29.9. The van der Waals surface area contributed by atoms with Gasteiger partial charge < -0.3 is 0 Å². The Labute approximate surface area is 135 Å². The number of hydrogen-bond donors (Lipinski definition) is 0. The molecule has 0 spiro atoms. The first-order valence-electron chi connectivity index (χ1n) is 4.79. The minimum absolute atomic E-state index is 0.604. The molecule has 1 rings (SSSR count). The van der Waals surface area contributed by atoms with Crippen molar-refractivity contribution in [2.24, 2.45) is 0 Å². The van der Waals surface area contributed by atoms with Crippen LogP contribution in [0, 0.1) is 0 Å². The van der Waals surface area contributed by atoms with E-state index in [1.807, 2.05) is 36.0 Å². The third-order valence-corrected chi connectivity index (χ3v) is 11.2. The topological polar surface area (TPSA) is 3.24 Å². The number of nitrogens with zero attached hydrogens (tertiary/aromatic N) is 1. The highest BCUT2D eigenvalue weighted by Gasteiger charge is 2.41. The molecule has 0 aliphatic heterocycles. The molecule has 0 aromatic heterocycles. The van der Waals surface area contributed by atoms with Gasteiger partial charge in [-0.25, -0.2) is 0 Å². The first-order valence-corrected chi connectivity index (χ1v) is 13.6. The van der Waals surface area contributed by atoms with E-state index in [-0.39, 0.29) is 0 Å². The minimum atomic E-state index is -2.67. The van der Waals surface area contributed by atoms with Crippen molar-refractivity contribution in [1.29, 1.82) is 0 Å². The largest absolute Gasteiger partial charge is 0.310 e. The number of hydrogen-bond acceptors (Lipinski definition) is 1. The highest BCUT2D eigenvalue weighted by molar-refractivity contribution is 8.41. The quantitative estimate of drug-likeness (QED) is 0.549. The van der Waals surface area contributed by atoms with Gasteiger partial charge in [0.25, 0.3) is 0 Å². The highest BCUT2D eigenvalue weighted by Crippen LogP contribution is 2.77. The van der Waals surface area contributed by atoms with Crippen LogP contribution in [0.5, 0.6) is 0 Å². The fourth-order valence-electron chi connectivity index (χ4n) is 1.23. The molecule has 0 saturated carbocycles. The first-order chi connectivity index (χ1) is 8.10. The number of rotatable bonds is 4. The molecule has 0 radical (unpaired) electrons. The van der Waals surface area contributed by atoms with E-state index in [0.717, 1.165) is 10.9 Å². The Hall–Kier alpha value is 1.79. The van der Waals surface area contributed by atoms with Crippen molar-refractivity contribution in [3.8, 4) is 0 Å². The van der Waals surface area contributed by atoms with Crippen molar-refractivity contribution >= 4 is 87.3 Å². The molecule has 0 bridgehead atoms. The molecule has 18 heavy (non-hydrogen) atoms. The van der Waals surface area contributed by atoms with Gasteiger partial charge in [0.1, 0.15) is 28.0 Å². The lowest BCUT2D eigenvalue weighted by Crippen LogP contribution is -2.14. The molecule has 1 unspecified atom stereocenters. The van der Waals surface area contributed by atoms with E-state index in [2.05, 4.69) is 9.24 Å². The van der Waals surface area contributed by atoms with Gasteiger partial charge in [0, 0.05) is 7.05 Å². The van der Waals surface area contributed by atoms with E-state index < -0.39 is 11.1 Å². The van der Waals surface area contributed by atoms with Crippen LogP contribution >= 0.6 is 76.5 Å². The molecule has 102 valence electrons. The third kappa shape index (κ3) is 6.49. The SMILES string of the molecule is CN(Cc1ccc(P)cc1)[P+](Cl)(Cl)C=P(Cl)(Cl)Cl. The summed E-state index contributed by atoms with van der Waals surface area (Å²) in [6.07, 6.45) is -2.53. The standard InChI is InChI=1S/C9H12Cl5NP3/c1-15(18(13,14)7-17(10,11)12)6-8-2-4-9(16)5-3-8/h2-5,7H,6,16H2,1H3/q+1. The van der Waals surface area contributed by atoms with Gasteiger partial charge in [0.05, 0.1) is 6.54 Å². The van der Waals surface area contributed by atoms with Crippen molar-refractivity contribution in [3.63, 3.8) is 0 Å². The van der Waals surface area contributed by atoms with Gasteiger partial charge in [0.2, 0.25) is 0 Å². The zero-order chi connectivity index (χ0) is 14.0. The molecule has 0 fully saturated rings. The Bertz CT molecular complexity index is 448. The molecule has 0 heterocycles. The van der Waals surface area contributed by atoms with Gasteiger partial charge in [-0.3, -0.25) is 0 Å². The van der Waals surface area contributed by atoms with Gasteiger partial charge in [-0.05, 0) is 10.9 Å². The summed E-state index contributed by atoms with van der Waals surface area (Å²) in [6.45, 7) is 0.604. The van der Waals surface area contributed by atoms with Crippen LogP contribution in [-0.2, 0) is 6.54 Å². The van der Waals surface area contributed by atoms with Crippen molar-refractivity contribution in [1.82, 2.24) is 4.67 Å². The lowest BCUT2D eigenvalue weighted by Gasteiger charge is -2.18. The molecule has 1 nitrogen and oxygen atoms in total. The van der Waals surface area contributed by atoms with E-state index in [4.69, 9.17) is 56.2 Å². The van der Waals surface area contributed by atoms with Gasteiger partial charge >= 0.3 is 6.12 Å².